The number of ether oxygens (including phenoxy) is 1. The number of carbonyl (C=O) groups excluding carboxylic acids is 1. The summed E-state index contributed by atoms with van der Waals surface area (Å²) in [5, 5.41) is 2.94. The number of nitrogens with one attached hydrogen (secondary N) is 1. The second-order valence-corrected chi connectivity index (χ2v) is 3.90. The van der Waals surface area contributed by atoms with Crippen LogP contribution < -0.4 is 10.1 Å². The summed E-state index contributed by atoms with van der Waals surface area (Å²) >= 11 is 0. The molecule has 0 saturated carbocycles. The summed E-state index contributed by atoms with van der Waals surface area (Å²) in [6.07, 6.45) is 1.38. The largest absolute Gasteiger partial charge is 0.497 e. The van der Waals surface area contributed by atoms with Gasteiger partial charge in [0.1, 0.15) is 5.75 Å². The Morgan fingerprint density at radius 1 is 1.38 bits per heavy atom. The Balaban J connectivity index is 2.49. The lowest BCUT2D eigenvalue weighted by Crippen LogP contribution is -2.33. The Morgan fingerprint density at radius 3 is 2.50 bits per heavy atom. The Labute approximate surface area is 96.8 Å². The van der Waals surface area contributed by atoms with Crippen LogP contribution >= 0.6 is 0 Å². The van der Waals surface area contributed by atoms with Crippen LogP contribution in [0.25, 0.3) is 0 Å². The predicted octanol–water partition coefficient (Wildman–Crippen LogP) is 2.15. The van der Waals surface area contributed by atoms with Crippen molar-refractivity contribution in [1.29, 1.82) is 0 Å². The van der Waals surface area contributed by atoms with Gasteiger partial charge in [-0.05, 0) is 31.0 Å². The molecule has 16 heavy (non-hydrogen) atoms. The second-order valence-electron chi connectivity index (χ2n) is 3.90. The van der Waals surface area contributed by atoms with E-state index in [1.807, 2.05) is 31.2 Å². The van der Waals surface area contributed by atoms with E-state index in [2.05, 4.69) is 12.2 Å². The molecule has 1 atom stereocenters. The maximum atomic E-state index is 11.6. The monoisotopic (exact) mass is 221 g/mol. The predicted molar refractivity (Wildman–Crippen MR) is 64.6 cm³/mol. The molecule has 1 rings (SSSR count). The third-order valence-electron chi connectivity index (χ3n) is 2.54. The van der Waals surface area contributed by atoms with Crippen LogP contribution in [0, 0.1) is 0 Å². The highest BCUT2D eigenvalue weighted by Gasteiger charge is 2.06. The van der Waals surface area contributed by atoms with Crippen molar-refractivity contribution >= 4 is 5.91 Å². The number of hydrogen-bond acceptors (Lipinski definition) is 2. The molecule has 0 bridgehead atoms. The number of carbonyl (C=O) groups is 1. The van der Waals surface area contributed by atoms with E-state index in [4.69, 9.17) is 4.74 Å². The highest BCUT2D eigenvalue weighted by atomic mass is 16.5. The van der Waals surface area contributed by atoms with Crippen LogP contribution in [-0.4, -0.2) is 19.1 Å². The van der Waals surface area contributed by atoms with Crippen LogP contribution in [0.2, 0.25) is 0 Å². The highest BCUT2D eigenvalue weighted by Crippen LogP contribution is 2.11. The maximum Gasteiger partial charge on any atom is 0.224 e. The summed E-state index contributed by atoms with van der Waals surface area (Å²) in [6, 6.07) is 7.80. The molecule has 0 aliphatic rings. The first-order chi connectivity index (χ1) is 7.65. The molecule has 0 fully saturated rings. The minimum atomic E-state index is 0.0690. The Morgan fingerprint density at radius 2 is 2.00 bits per heavy atom. The van der Waals surface area contributed by atoms with Crippen LogP contribution in [0.3, 0.4) is 0 Å². The second kappa shape index (κ2) is 6.16. The lowest BCUT2D eigenvalue weighted by atomic mass is 10.1. The van der Waals surface area contributed by atoms with Gasteiger partial charge in [0.2, 0.25) is 5.91 Å². The van der Waals surface area contributed by atoms with Crippen LogP contribution in [0.4, 0.5) is 0 Å². The van der Waals surface area contributed by atoms with E-state index in [1.165, 1.54) is 0 Å². The molecule has 0 aliphatic heterocycles. The van der Waals surface area contributed by atoms with E-state index < -0.39 is 0 Å². The van der Waals surface area contributed by atoms with Gasteiger partial charge in [0, 0.05) is 6.04 Å². The number of benzene rings is 1. The third kappa shape index (κ3) is 3.93. The van der Waals surface area contributed by atoms with Crippen molar-refractivity contribution in [3.05, 3.63) is 29.8 Å². The van der Waals surface area contributed by atoms with Crippen LogP contribution in [-0.2, 0) is 11.2 Å². The lowest BCUT2D eigenvalue weighted by molar-refractivity contribution is -0.121. The molecule has 1 unspecified atom stereocenters. The standard InChI is InChI=1S/C13H19NO2/c1-4-10(2)14-13(15)9-11-5-7-12(16-3)8-6-11/h5-8,10H,4,9H2,1-3H3,(H,14,15). The number of amides is 1. The van der Waals surface area contributed by atoms with Gasteiger partial charge in [-0.15, -0.1) is 0 Å². The first-order valence-corrected chi connectivity index (χ1v) is 5.58. The topological polar surface area (TPSA) is 38.3 Å². The van der Waals surface area contributed by atoms with Gasteiger partial charge in [-0.3, -0.25) is 4.79 Å². The highest BCUT2D eigenvalue weighted by molar-refractivity contribution is 5.78. The molecule has 0 aromatic heterocycles. The fraction of sp³-hybridized carbons (Fsp3) is 0.462. The summed E-state index contributed by atoms with van der Waals surface area (Å²) in [4.78, 5) is 11.6. The van der Waals surface area contributed by atoms with Crippen molar-refractivity contribution in [3.63, 3.8) is 0 Å². The zero-order valence-electron chi connectivity index (χ0n) is 10.1. The number of methoxy groups -OCH3 is 1. The van der Waals surface area contributed by atoms with Gasteiger partial charge >= 0.3 is 0 Å². The molecule has 3 heteroatoms. The fourth-order valence-corrected chi connectivity index (χ4v) is 1.36. The maximum absolute atomic E-state index is 11.6. The van der Waals surface area contributed by atoms with Gasteiger partial charge < -0.3 is 10.1 Å². The summed E-state index contributed by atoms with van der Waals surface area (Å²) in [5.41, 5.74) is 1.00. The Bertz CT molecular complexity index is 332. The van der Waals surface area contributed by atoms with Crippen molar-refractivity contribution in [2.24, 2.45) is 0 Å². The molecule has 0 aliphatic carbocycles. The summed E-state index contributed by atoms with van der Waals surface area (Å²) < 4.78 is 5.06. The molecule has 0 heterocycles. The molecule has 0 radical (unpaired) electrons. The average molecular weight is 221 g/mol. The van der Waals surface area contributed by atoms with Crippen LogP contribution in [0.15, 0.2) is 24.3 Å². The van der Waals surface area contributed by atoms with E-state index in [0.717, 1.165) is 17.7 Å². The molecule has 0 saturated heterocycles. The lowest BCUT2D eigenvalue weighted by Gasteiger charge is -2.11. The van der Waals surface area contributed by atoms with E-state index in [9.17, 15) is 4.79 Å². The van der Waals surface area contributed by atoms with E-state index >= 15 is 0 Å². The minimum Gasteiger partial charge on any atom is -0.497 e. The first-order valence-electron chi connectivity index (χ1n) is 5.58. The molecular formula is C13H19NO2. The fourth-order valence-electron chi connectivity index (χ4n) is 1.36. The number of rotatable bonds is 5. The summed E-state index contributed by atoms with van der Waals surface area (Å²) in [7, 11) is 1.63. The van der Waals surface area contributed by atoms with Gasteiger partial charge in [-0.25, -0.2) is 0 Å². The quantitative estimate of drug-likeness (QED) is 0.827. The zero-order chi connectivity index (χ0) is 12.0. The summed E-state index contributed by atoms with van der Waals surface area (Å²) in [6.45, 7) is 4.06. The molecule has 3 nitrogen and oxygen atoms in total. The molecule has 1 N–H and O–H groups in total. The first kappa shape index (κ1) is 12.6. The Hall–Kier alpha value is -1.51. The van der Waals surface area contributed by atoms with E-state index in [0.29, 0.717) is 6.42 Å². The van der Waals surface area contributed by atoms with E-state index in [1.54, 1.807) is 7.11 Å². The van der Waals surface area contributed by atoms with Gasteiger partial charge in [0.25, 0.3) is 0 Å². The molecule has 1 amide bonds. The van der Waals surface area contributed by atoms with Crippen molar-refractivity contribution in [2.75, 3.05) is 7.11 Å². The molecule has 1 aromatic rings. The minimum absolute atomic E-state index is 0.0690. The number of hydrogen-bond donors (Lipinski definition) is 1. The molecule has 1 aromatic carbocycles. The van der Waals surface area contributed by atoms with Crippen molar-refractivity contribution in [1.82, 2.24) is 5.32 Å². The van der Waals surface area contributed by atoms with Gasteiger partial charge in [0.15, 0.2) is 0 Å². The van der Waals surface area contributed by atoms with Crippen LogP contribution in [0.1, 0.15) is 25.8 Å². The Kier molecular flexibility index (Phi) is 4.83. The summed E-state index contributed by atoms with van der Waals surface area (Å²) in [5.74, 6) is 0.880. The van der Waals surface area contributed by atoms with E-state index in [-0.39, 0.29) is 11.9 Å². The molecule has 88 valence electrons. The third-order valence-corrected chi connectivity index (χ3v) is 2.54. The normalized spacial score (nSPS) is 11.9. The zero-order valence-corrected chi connectivity index (χ0v) is 10.1. The van der Waals surface area contributed by atoms with Gasteiger partial charge in [0.05, 0.1) is 13.5 Å². The SMILES string of the molecule is CCC(C)NC(=O)Cc1ccc(OC)cc1. The smallest absolute Gasteiger partial charge is 0.224 e. The van der Waals surface area contributed by atoms with Gasteiger partial charge in [-0.2, -0.15) is 0 Å². The average Bonchev–Trinajstić information content (AvgIpc) is 2.29. The molecular weight excluding hydrogens is 202 g/mol. The molecule has 0 spiro atoms. The van der Waals surface area contributed by atoms with Crippen LogP contribution in [0.5, 0.6) is 5.75 Å². The van der Waals surface area contributed by atoms with Crippen molar-refractivity contribution in [2.45, 2.75) is 32.7 Å². The van der Waals surface area contributed by atoms with Crippen molar-refractivity contribution in [3.8, 4) is 5.75 Å². The van der Waals surface area contributed by atoms with Crippen molar-refractivity contribution < 1.29 is 9.53 Å². The van der Waals surface area contributed by atoms with Gasteiger partial charge in [-0.1, -0.05) is 19.1 Å².